The van der Waals surface area contributed by atoms with Gasteiger partial charge in [0.15, 0.2) is 0 Å². The van der Waals surface area contributed by atoms with Crippen molar-refractivity contribution in [1.82, 2.24) is 0 Å². The highest BCUT2D eigenvalue weighted by atomic mass is 79.9. The van der Waals surface area contributed by atoms with Gasteiger partial charge in [0.2, 0.25) is 0 Å². The largest absolute Gasteiger partial charge is 0.0887 e. The lowest BCUT2D eigenvalue weighted by atomic mass is 10.0. The third kappa shape index (κ3) is 4.83. The number of aryl methyl sites for hydroxylation is 1. The molecule has 0 saturated carbocycles. The fraction of sp³-hybridized carbons (Fsp3) is 0.571. The molecule has 0 aliphatic carbocycles. The normalized spacial score (nSPS) is 12.7. The minimum absolute atomic E-state index is 0.638. The molecular weight excluding hydrogens is 248 g/mol. The molecule has 0 saturated heterocycles. The molecule has 0 aliphatic heterocycles. The average Bonchev–Trinajstić information content (AvgIpc) is 2.22. The first kappa shape index (κ1) is 12.8. The van der Waals surface area contributed by atoms with Crippen molar-refractivity contribution < 1.29 is 0 Å². The number of rotatable bonds is 6. The lowest BCUT2D eigenvalue weighted by Gasteiger charge is -2.08. The minimum Gasteiger partial charge on any atom is -0.0887 e. The molecule has 15 heavy (non-hydrogen) atoms. The molecule has 0 aliphatic rings. The Morgan fingerprint density at radius 3 is 2.13 bits per heavy atom. The molecule has 0 spiro atoms. The molecule has 0 bridgehead atoms. The molecule has 1 aromatic carbocycles. The van der Waals surface area contributed by atoms with Crippen molar-refractivity contribution in [3.8, 4) is 0 Å². The highest BCUT2D eigenvalue weighted by Gasteiger charge is 2.03. The van der Waals surface area contributed by atoms with E-state index in [4.69, 9.17) is 0 Å². The highest BCUT2D eigenvalue weighted by Crippen LogP contribution is 2.15. The Labute approximate surface area is 102 Å². The predicted octanol–water partition coefficient (Wildman–Crippen LogP) is 4.75. The van der Waals surface area contributed by atoms with Crippen LogP contribution < -0.4 is 0 Å². The fourth-order valence-electron chi connectivity index (χ4n) is 1.80. The summed E-state index contributed by atoms with van der Waals surface area (Å²) >= 11 is 3.72. The van der Waals surface area contributed by atoms with Crippen LogP contribution in [0.4, 0.5) is 0 Å². The molecule has 0 amide bonds. The van der Waals surface area contributed by atoms with E-state index >= 15 is 0 Å². The van der Waals surface area contributed by atoms with E-state index < -0.39 is 0 Å². The predicted molar refractivity (Wildman–Crippen MR) is 71.8 cm³/mol. The van der Waals surface area contributed by atoms with Crippen molar-refractivity contribution in [3.63, 3.8) is 0 Å². The van der Waals surface area contributed by atoms with Gasteiger partial charge in [0.25, 0.3) is 0 Å². The van der Waals surface area contributed by atoms with E-state index in [-0.39, 0.29) is 0 Å². The van der Waals surface area contributed by atoms with Crippen LogP contribution in [-0.2, 0) is 12.8 Å². The molecule has 1 atom stereocenters. The number of benzene rings is 1. The monoisotopic (exact) mass is 268 g/mol. The van der Waals surface area contributed by atoms with Gasteiger partial charge in [-0.25, -0.2) is 0 Å². The Bertz CT molecular complexity index is 263. The van der Waals surface area contributed by atoms with Gasteiger partial charge in [0.05, 0.1) is 0 Å². The van der Waals surface area contributed by atoms with Crippen LogP contribution in [0.1, 0.15) is 44.2 Å². The first-order chi connectivity index (χ1) is 7.26. The van der Waals surface area contributed by atoms with Gasteiger partial charge in [-0.2, -0.15) is 0 Å². The van der Waals surface area contributed by atoms with Crippen LogP contribution in [0.5, 0.6) is 0 Å². The Balaban J connectivity index is 2.48. The van der Waals surface area contributed by atoms with Crippen LogP contribution >= 0.6 is 15.9 Å². The topological polar surface area (TPSA) is 0 Å². The lowest BCUT2D eigenvalue weighted by Crippen LogP contribution is -2.01. The van der Waals surface area contributed by atoms with Crippen molar-refractivity contribution in [2.24, 2.45) is 0 Å². The van der Waals surface area contributed by atoms with Crippen LogP contribution in [0.2, 0.25) is 0 Å². The van der Waals surface area contributed by atoms with Crippen LogP contribution in [0.3, 0.4) is 0 Å². The Hall–Kier alpha value is -0.300. The van der Waals surface area contributed by atoms with Crippen LogP contribution in [-0.4, -0.2) is 4.83 Å². The van der Waals surface area contributed by atoms with Gasteiger partial charge in [0.1, 0.15) is 0 Å². The van der Waals surface area contributed by atoms with E-state index in [9.17, 15) is 0 Å². The first-order valence-corrected chi connectivity index (χ1v) is 6.89. The molecule has 0 heterocycles. The summed E-state index contributed by atoms with van der Waals surface area (Å²) < 4.78 is 0. The van der Waals surface area contributed by atoms with Gasteiger partial charge in [-0.3, -0.25) is 0 Å². The van der Waals surface area contributed by atoms with Crippen molar-refractivity contribution >= 4 is 15.9 Å². The summed E-state index contributed by atoms with van der Waals surface area (Å²) in [6.07, 6.45) is 6.10. The quantitative estimate of drug-likeness (QED) is 0.654. The maximum absolute atomic E-state index is 3.72. The van der Waals surface area contributed by atoms with Gasteiger partial charge in [-0.05, 0) is 30.4 Å². The van der Waals surface area contributed by atoms with Crippen molar-refractivity contribution in [2.45, 2.75) is 50.8 Å². The summed E-state index contributed by atoms with van der Waals surface area (Å²) in [5.41, 5.74) is 2.91. The second-order valence-electron chi connectivity index (χ2n) is 4.16. The molecule has 0 fully saturated rings. The van der Waals surface area contributed by atoms with Crippen LogP contribution in [0, 0.1) is 0 Å². The van der Waals surface area contributed by atoms with Crippen molar-refractivity contribution in [1.29, 1.82) is 0 Å². The van der Waals surface area contributed by atoms with E-state index in [1.807, 2.05) is 0 Å². The lowest BCUT2D eigenvalue weighted by molar-refractivity contribution is 0.744. The van der Waals surface area contributed by atoms with Crippen LogP contribution in [0.15, 0.2) is 24.3 Å². The molecule has 84 valence electrons. The summed E-state index contributed by atoms with van der Waals surface area (Å²) in [6.45, 7) is 4.46. The standard InChI is InChI=1S/C14H21Br/c1-3-5-12-7-9-13(10-8-12)11-14(15)6-4-2/h7-10,14H,3-6,11H2,1-2H3. The first-order valence-electron chi connectivity index (χ1n) is 5.98. The summed E-state index contributed by atoms with van der Waals surface area (Å²) in [4.78, 5) is 0.638. The molecule has 1 aromatic rings. The summed E-state index contributed by atoms with van der Waals surface area (Å²) in [5.74, 6) is 0. The van der Waals surface area contributed by atoms with E-state index in [1.165, 1.54) is 36.8 Å². The molecule has 1 unspecified atom stereocenters. The molecule has 0 N–H and O–H groups in total. The van der Waals surface area contributed by atoms with Gasteiger partial charge in [-0.1, -0.05) is 66.9 Å². The smallest absolute Gasteiger partial charge is 0.0186 e. The summed E-state index contributed by atoms with van der Waals surface area (Å²) in [5, 5.41) is 0. The van der Waals surface area contributed by atoms with E-state index in [0.29, 0.717) is 4.83 Å². The molecule has 0 aromatic heterocycles. The maximum atomic E-state index is 3.72. The zero-order valence-corrected chi connectivity index (χ0v) is 11.4. The minimum atomic E-state index is 0.638. The summed E-state index contributed by atoms with van der Waals surface area (Å²) in [7, 11) is 0. The van der Waals surface area contributed by atoms with Gasteiger partial charge >= 0.3 is 0 Å². The number of hydrogen-bond donors (Lipinski definition) is 0. The van der Waals surface area contributed by atoms with E-state index in [2.05, 4.69) is 54.0 Å². The van der Waals surface area contributed by atoms with Gasteiger partial charge in [0, 0.05) is 4.83 Å². The van der Waals surface area contributed by atoms with Gasteiger partial charge < -0.3 is 0 Å². The molecular formula is C14H21Br. The SMILES string of the molecule is CCCc1ccc(CC(Br)CCC)cc1. The second kappa shape index (κ2) is 7.05. The Morgan fingerprint density at radius 2 is 1.60 bits per heavy atom. The van der Waals surface area contributed by atoms with Crippen molar-refractivity contribution in [3.05, 3.63) is 35.4 Å². The fourth-order valence-corrected chi connectivity index (χ4v) is 2.63. The molecule has 0 radical (unpaired) electrons. The highest BCUT2D eigenvalue weighted by molar-refractivity contribution is 9.09. The summed E-state index contributed by atoms with van der Waals surface area (Å²) in [6, 6.07) is 9.08. The third-order valence-corrected chi connectivity index (χ3v) is 3.40. The average molecular weight is 269 g/mol. The zero-order chi connectivity index (χ0) is 11.1. The number of alkyl halides is 1. The van der Waals surface area contributed by atoms with E-state index in [1.54, 1.807) is 0 Å². The number of hydrogen-bond acceptors (Lipinski definition) is 0. The van der Waals surface area contributed by atoms with Crippen molar-refractivity contribution in [2.75, 3.05) is 0 Å². The number of halogens is 1. The molecule has 0 nitrogen and oxygen atoms in total. The van der Waals surface area contributed by atoms with Crippen LogP contribution in [0.25, 0.3) is 0 Å². The third-order valence-electron chi connectivity index (χ3n) is 2.62. The van der Waals surface area contributed by atoms with E-state index in [0.717, 1.165) is 6.42 Å². The zero-order valence-electron chi connectivity index (χ0n) is 9.80. The maximum Gasteiger partial charge on any atom is 0.0186 e. The molecule has 1 rings (SSSR count). The second-order valence-corrected chi connectivity index (χ2v) is 5.45. The Morgan fingerprint density at radius 1 is 1.00 bits per heavy atom. The van der Waals surface area contributed by atoms with Gasteiger partial charge in [-0.15, -0.1) is 0 Å². The molecule has 1 heteroatoms. The Kier molecular flexibility index (Phi) is 6.00.